The first-order valence-corrected chi connectivity index (χ1v) is 5.30. The molecule has 0 aromatic heterocycles. The van der Waals surface area contributed by atoms with E-state index in [0.717, 1.165) is 0 Å². The number of aliphatic hydroxyl groups is 1. The number of aryl methyl sites for hydroxylation is 1. The molecule has 0 spiro atoms. The molecule has 0 saturated heterocycles. The Morgan fingerprint density at radius 3 is 2.59 bits per heavy atom. The Morgan fingerprint density at radius 1 is 1.41 bits per heavy atom. The van der Waals surface area contributed by atoms with Crippen molar-refractivity contribution in [1.29, 1.82) is 0 Å². The second-order valence-corrected chi connectivity index (χ2v) is 3.90. The number of hydrogen-bond donors (Lipinski definition) is 1. The van der Waals surface area contributed by atoms with Crippen molar-refractivity contribution in [3.05, 3.63) is 35.1 Å². The lowest BCUT2D eigenvalue weighted by Crippen LogP contribution is -2.36. The van der Waals surface area contributed by atoms with Gasteiger partial charge in [-0.2, -0.15) is 8.78 Å². The van der Waals surface area contributed by atoms with Gasteiger partial charge in [0.2, 0.25) is 0 Å². The zero-order chi connectivity index (χ0) is 13.1. The second kappa shape index (κ2) is 5.51. The van der Waals surface area contributed by atoms with Crippen molar-refractivity contribution in [2.75, 3.05) is 0 Å². The molecule has 1 atom stereocenters. The quantitative estimate of drug-likeness (QED) is 0.812. The van der Waals surface area contributed by atoms with E-state index in [0.29, 0.717) is 5.56 Å². The van der Waals surface area contributed by atoms with E-state index in [2.05, 4.69) is 4.74 Å². The van der Waals surface area contributed by atoms with Crippen LogP contribution in [-0.2, 0) is 11.2 Å². The molecule has 0 radical (unpaired) electrons. The van der Waals surface area contributed by atoms with Gasteiger partial charge in [-0.1, -0.05) is 25.1 Å². The largest absolute Gasteiger partial charge is 0.365 e. The highest BCUT2D eigenvalue weighted by atomic mass is 19.3. The molecule has 1 aromatic rings. The fourth-order valence-electron chi connectivity index (χ4n) is 1.56. The first-order valence-electron chi connectivity index (χ1n) is 5.30. The summed E-state index contributed by atoms with van der Waals surface area (Å²) in [4.78, 5) is 0. The molecule has 1 N–H and O–H groups in total. The summed E-state index contributed by atoms with van der Waals surface area (Å²) in [5.41, 5.74) is 0.563. The van der Waals surface area contributed by atoms with E-state index in [1.54, 1.807) is 19.1 Å². The maximum absolute atomic E-state index is 13.7. The van der Waals surface area contributed by atoms with Gasteiger partial charge in [0.1, 0.15) is 5.82 Å². The van der Waals surface area contributed by atoms with Crippen molar-refractivity contribution in [2.45, 2.75) is 39.1 Å². The molecule has 0 saturated carbocycles. The van der Waals surface area contributed by atoms with E-state index in [1.807, 2.05) is 0 Å². The zero-order valence-electron chi connectivity index (χ0n) is 9.71. The summed E-state index contributed by atoms with van der Waals surface area (Å²) in [6.45, 7) is -0.0266. The van der Waals surface area contributed by atoms with Gasteiger partial charge in [0, 0.05) is 6.42 Å². The molecule has 0 heterocycles. The molecule has 0 amide bonds. The Morgan fingerprint density at radius 2 is 2.06 bits per heavy atom. The predicted molar refractivity (Wildman–Crippen MR) is 57.2 cm³/mol. The van der Waals surface area contributed by atoms with Gasteiger partial charge in [-0.25, -0.2) is 4.39 Å². The normalized spacial score (nSPS) is 15.0. The third-order valence-corrected chi connectivity index (χ3v) is 2.60. The van der Waals surface area contributed by atoms with E-state index in [9.17, 15) is 18.3 Å². The van der Waals surface area contributed by atoms with E-state index in [-0.39, 0.29) is 18.4 Å². The fourth-order valence-corrected chi connectivity index (χ4v) is 1.56. The van der Waals surface area contributed by atoms with Gasteiger partial charge in [0.15, 0.2) is 5.79 Å². The topological polar surface area (TPSA) is 29.5 Å². The highest BCUT2D eigenvalue weighted by Gasteiger charge is 2.31. The van der Waals surface area contributed by atoms with E-state index in [4.69, 9.17) is 0 Å². The molecule has 0 bridgehead atoms. The second-order valence-electron chi connectivity index (χ2n) is 3.90. The lowest BCUT2D eigenvalue weighted by Gasteiger charge is -2.26. The van der Waals surface area contributed by atoms with Crippen LogP contribution in [0.3, 0.4) is 0 Å². The molecule has 17 heavy (non-hydrogen) atoms. The maximum Gasteiger partial charge on any atom is 0.347 e. The third kappa shape index (κ3) is 3.71. The van der Waals surface area contributed by atoms with Gasteiger partial charge in [-0.15, -0.1) is 0 Å². The first-order chi connectivity index (χ1) is 7.88. The van der Waals surface area contributed by atoms with E-state index >= 15 is 0 Å². The standard InChI is InChI=1S/C12H15F3O2/c1-3-12(16,17-11(14)15)7-9-6-4-5-8(2)10(9)13/h4-6,11,16H,3,7H2,1-2H3. The molecule has 0 aliphatic rings. The SMILES string of the molecule is CCC(O)(Cc1cccc(C)c1F)OC(F)F. The molecule has 0 aliphatic carbocycles. The Hall–Kier alpha value is -1.07. The summed E-state index contributed by atoms with van der Waals surface area (Å²) >= 11 is 0. The molecular weight excluding hydrogens is 233 g/mol. The molecule has 1 rings (SSSR count). The summed E-state index contributed by atoms with van der Waals surface area (Å²) in [5, 5.41) is 9.79. The van der Waals surface area contributed by atoms with Crippen molar-refractivity contribution >= 4 is 0 Å². The molecule has 1 aromatic carbocycles. The van der Waals surface area contributed by atoms with E-state index < -0.39 is 18.2 Å². The highest BCUT2D eigenvalue weighted by Crippen LogP contribution is 2.24. The minimum Gasteiger partial charge on any atom is -0.365 e. The smallest absolute Gasteiger partial charge is 0.347 e. The number of ether oxygens (including phenoxy) is 1. The number of halogens is 3. The van der Waals surface area contributed by atoms with Gasteiger partial charge in [0.05, 0.1) is 0 Å². The first kappa shape index (κ1) is 14.0. The molecular formula is C12H15F3O2. The molecule has 96 valence electrons. The molecule has 5 heteroatoms. The van der Waals surface area contributed by atoms with Gasteiger partial charge >= 0.3 is 6.61 Å². The summed E-state index contributed by atoms with van der Waals surface area (Å²) in [7, 11) is 0. The highest BCUT2D eigenvalue weighted by molar-refractivity contribution is 5.25. The number of benzene rings is 1. The predicted octanol–water partition coefficient (Wildman–Crippen LogP) is 3.01. The molecule has 1 unspecified atom stereocenters. The number of rotatable bonds is 5. The van der Waals surface area contributed by atoms with Crippen LogP contribution in [-0.4, -0.2) is 17.5 Å². The monoisotopic (exact) mass is 248 g/mol. The van der Waals surface area contributed by atoms with Crippen LogP contribution >= 0.6 is 0 Å². The van der Waals surface area contributed by atoms with Gasteiger partial charge < -0.3 is 5.11 Å². The van der Waals surface area contributed by atoms with E-state index in [1.165, 1.54) is 13.0 Å². The van der Waals surface area contributed by atoms with Gasteiger partial charge in [0.25, 0.3) is 0 Å². The minimum atomic E-state index is -3.09. The fraction of sp³-hybridized carbons (Fsp3) is 0.500. The maximum atomic E-state index is 13.7. The lowest BCUT2D eigenvalue weighted by molar-refractivity contribution is -0.294. The van der Waals surface area contributed by atoms with Crippen LogP contribution in [0.25, 0.3) is 0 Å². The van der Waals surface area contributed by atoms with Crippen molar-refractivity contribution in [3.63, 3.8) is 0 Å². The van der Waals surface area contributed by atoms with Gasteiger partial charge in [-0.05, 0) is 24.5 Å². The summed E-state index contributed by atoms with van der Waals surface area (Å²) in [5.74, 6) is -2.54. The Kier molecular flexibility index (Phi) is 4.54. The van der Waals surface area contributed by atoms with Gasteiger partial charge in [-0.3, -0.25) is 4.74 Å². The lowest BCUT2D eigenvalue weighted by atomic mass is 10.0. The third-order valence-electron chi connectivity index (χ3n) is 2.60. The average Bonchev–Trinajstić information content (AvgIpc) is 2.24. The summed E-state index contributed by atoms with van der Waals surface area (Å²) in [6.07, 6.45) is -0.355. The van der Waals surface area contributed by atoms with Crippen LogP contribution in [0.15, 0.2) is 18.2 Å². The van der Waals surface area contributed by atoms with Crippen LogP contribution in [0.4, 0.5) is 13.2 Å². The average molecular weight is 248 g/mol. The van der Waals surface area contributed by atoms with Crippen molar-refractivity contribution < 1.29 is 23.0 Å². The van der Waals surface area contributed by atoms with Crippen LogP contribution in [0.5, 0.6) is 0 Å². The Bertz CT molecular complexity index is 382. The van der Waals surface area contributed by atoms with Crippen LogP contribution in [0, 0.1) is 12.7 Å². The van der Waals surface area contributed by atoms with Crippen LogP contribution < -0.4 is 0 Å². The molecule has 0 aliphatic heterocycles. The van der Waals surface area contributed by atoms with Crippen LogP contribution in [0.2, 0.25) is 0 Å². The minimum absolute atomic E-state index is 0.0509. The van der Waals surface area contributed by atoms with Crippen molar-refractivity contribution in [3.8, 4) is 0 Å². The summed E-state index contributed by atoms with van der Waals surface area (Å²) < 4.78 is 42.0. The van der Waals surface area contributed by atoms with Crippen molar-refractivity contribution in [2.24, 2.45) is 0 Å². The van der Waals surface area contributed by atoms with Crippen molar-refractivity contribution in [1.82, 2.24) is 0 Å². The molecule has 2 nitrogen and oxygen atoms in total. The molecule has 0 fully saturated rings. The number of hydrogen-bond acceptors (Lipinski definition) is 2. The Labute approximate surface area is 98.0 Å². The summed E-state index contributed by atoms with van der Waals surface area (Å²) in [6, 6.07) is 4.61. The zero-order valence-corrected chi connectivity index (χ0v) is 9.71. The number of alkyl halides is 2. The Balaban J connectivity index is 2.91. The van der Waals surface area contributed by atoms with Crippen LogP contribution in [0.1, 0.15) is 24.5 Å².